The number of nitrogens with zero attached hydrogens (tertiary/aromatic N) is 4. The first kappa shape index (κ1) is 18.6. The summed E-state index contributed by atoms with van der Waals surface area (Å²) >= 11 is 1.41. The summed E-state index contributed by atoms with van der Waals surface area (Å²) < 4.78 is 0. The van der Waals surface area contributed by atoms with Crippen LogP contribution in [0, 0.1) is 0 Å². The second kappa shape index (κ2) is 7.67. The number of amides is 1. The highest BCUT2D eigenvalue weighted by Crippen LogP contribution is 2.31. The van der Waals surface area contributed by atoms with Gasteiger partial charge >= 0.3 is 0 Å². The standard InChI is InChI=1S/C21H23N5OS/c1-4-25(5-2)15-12-10-14(11-13-15)19-22-17-9-7-6-8-16(17)18-20(27)23-21(28-3)24-26(18)19/h6-13,19H,4-5H2,1-3H3,(H,23,24,27). The van der Waals surface area contributed by atoms with E-state index in [0.717, 1.165) is 29.2 Å². The number of thioether (sulfide) groups is 1. The zero-order valence-electron chi connectivity index (χ0n) is 16.2. The molecule has 2 aliphatic heterocycles. The van der Waals surface area contributed by atoms with E-state index in [9.17, 15) is 4.79 Å². The van der Waals surface area contributed by atoms with Crippen molar-refractivity contribution in [2.24, 2.45) is 10.1 Å². The number of carbonyl (C=O) groups is 1. The largest absolute Gasteiger partial charge is 0.372 e. The van der Waals surface area contributed by atoms with E-state index in [1.54, 1.807) is 5.01 Å². The van der Waals surface area contributed by atoms with Gasteiger partial charge in [-0.1, -0.05) is 42.1 Å². The molecule has 28 heavy (non-hydrogen) atoms. The van der Waals surface area contributed by atoms with Gasteiger partial charge in [-0.15, -0.1) is 5.10 Å². The zero-order chi connectivity index (χ0) is 19.7. The Balaban J connectivity index is 1.83. The Bertz CT molecular complexity index is 1040. The van der Waals surface area contributed by atoms with Crippen LogP contribution in [-0.2, 0) is 4.79 Å². The van der Waals surface area contributed by atoms with Crippen molar-refractivity contribution in [3.05, 3.63) is 64.7 Å². The summed E-state index contributed by atoms with van der Waals surface area (Å²) in [7, 11) is 0. The topological polar surface area (TPSA) is 60.3 Å². The molecule has 2 aliphatic rings. The quantitative estimate of drug-likeness (QED) is 0.864. The van der Waals surface area contributed by atoms with Crippen molar-refractivity contribution in [1.82, 2.24) is 10.3 Å². The lowest BCUT2D eigenvalue weighted by atomic mass is 10.1. The number of amidine groups is 1. The van der Waals surface area contributed by atoms with E-state index < -0.39 is 0 Å². The van der Waals surface area contributed by atoms with Crippen LogP contribution in [0.25, 0.3) is 5.70 Å². The van der Waals surface area contributed by atoms with Gasteiger partial charge in [-0.25, -0.2) is 5.01 Å². The van der Waals surface area contributed by atoms with Crippen LogP contribution in [0.15, 0.2) is 58.6 Å². The van der Waals surface area contributed by atoms with E-state index in [0.29, 0.717) is 10.9 Å². The van der Waals surface area contributed by atoms with Crippen LogP contribution in [0.4, 0.5) is 5.69 Å². The molecule has 0 fully saturated rings. The summed E-state index contributed by atoms with van der Waals surface area (Å²) in [4.78, 5) is 20.0. The molecule has 7 heteroatoms. The Labute approximate surface area is 168 Å². The summed E-state index contributed by atoms with van der Waals surface area (Å²) in [5.41, 5.74) is 2.72. The number of fused-ring (bicyclic) bond motifs is 2. The molecule has 2 aromatic carbocycles. The third-order valence-electron chi connectivity index (χ3n) is 5.03. The van der Waals surface area contributed by atoms with Crippen molar-refractivity contribution in [3.8, 4) is 0 Å². The molecule has 0 saturated heterocycles. The molecule has 2 heterocycles. The fourth-order valence-electron chi connectivity index (χ4n) is 3.58. The van der Waals surface area contributed by atoms with Gasteiger partial charge in [0.25, 0.3) is 5.91 Å². The molecule has 1 N–H and O–H groups in total. The van der Waals surface area contributed by atoms with E-state index >= 15 is 0 Å². The molecule has 6 nitrogen and oxygen atoms in total. The summed E-state index contributed by atoms with van der Waals surface area (Å²) in [5, 5.41) is 11.5. The number of rotatable bonds is 4. The van der Waals surface area contributed by atoms with E-state index in [1.165, 1.54) is 17.4 Å². The van der Waals surface area contributed by atoms with Crippen LogP contribution < -0.4 is 20.8 Å². The minimum atomic E-state index is -0.371. The molecule has 1 atom stereocenters. The Kier molecular flexibility index (Phi) is 5.09. The van der Waals surface area contributed by atoms with E-state index in [2.05, 4.69) is 53.4 Å². The molecule has 0 aliphatic carbocycles. The SMILES string of the molecule is CCN(CC)c1ccc(C2N=c3ccccc3=C3C(=O)NC(SC)=NN32)cc1. The van der Waals surface area contributed by atoms with Gasteiger partial charge in [0.1, 0.15) is 5.70 Å². The Morgan fingerprint density at radius 2 is 1.82 bits per heavy atom. The number of para-hydroxylation sites is 1. The van der Waals surface area contributed by atoms with Crippen LogP contribution in [0.3, 0.4) is 0 Å². The van der Waals surface area contributed by atoms with Crippen LogP contribution in [0.5, 0.6) is 0 Å². The molecule has 0 spiro atoms. The Morgan fingerprint density at radius 3 is 2.50 bits per heavy atom. The third kappa shape index (κ3) is 3.16. The van der Waals surface area contributed by atoms with Crippen LogP contribution in [0.1, 0.15) is 25.6 Å². The van der Waals surface area contributed by atoms with Crippen molar-refractivity contribution < 1.29 is 4.79 Å². The van der Waals surface area contributed by atoms with Crippen LogP contribution >= 0.6 is 11.8 Å². The normalized spacial score (nSPS) is 17.9. The lowest BCUT2D eigenvalue weighted by Crippen LogP contribution is -2.50. The summed E-state index contributed by atoms with van der Waals surface area (Å²) in [6, 6.07) is 16.1. The van der Waals surface area contributed by atoms with Gasteiger partial charge in [0.05, 0.1) is 5.36 Å². The molecule has 1 amide bonds. The molecule has 0 aromatic heterocycles. The average Bonchev–Trinajstić information content (AvgIpc) is 2.74. The Hall–Kier alpha value is -2.80. The highest BCUT2D eigenvalue weighted by Gasteiger charge is 2.34. The predicted molar refractivity (Wildman–Crippen MR) is 114 cm³/mol. The molecule has 1 unspecified atom stereocenters. The summed E-state index contributed by atoms with van der Waals surface area (Å²) in [6.07, 6.45) is 1.52. The van der Waals surface area contributed by atoms with Crippen LogP contribution in [-0.4, -0.2) is 35.4 Å². The average molecular weight is 394 g/mol. The molecular weight excluding hydrogens is 370 g/mol. The number of hydrogen-bond acceptors (Lipinski definition) is 6. The van der Waals surface area contributed by atoms with Gasteiger partial charge < -0.3 is 4.90 Å². The van der Waals surface area contributed by atoms with Gasteiger partial charge in [-0.05, 0) is 43.9 Å². The minimum absolute atomic E-state index is 0.147. The first-order valence-electron chi connectivity index (χ1n) is 9.41. The number of benzene rings is 2. The molecule has 0 radical (unpaired) electrons. The van der Waals surface area contributed by atoms with E-state index in [4.69, 9.17) is 4.99 Å². The van der Waals surface area contributed by atoms with Crippen molar-refractivity contribution in [1.29, 1.82) is 0 Å². The number of anilines is 1. The third-order valence-corrected chi connectivity index (χ3v) is 5.60. The van der Waals surface area contributed by atoms with Gasteiger partial charge in [-0.2, -0.15) is 0 Å². The monoisotopic (exact) mass is 393 g/mol. The molecule has 0 saturated carbocycles. The van der Waals surface area contributed by atoms with Crippen molar-refractivity contribution in [2.45, 2.75) is 20.0 Å². The fraction of sp³-hybridized carbons (Fsp3) is 0.286. The van der Waals surface area contributed by atoms with Gasteiger partial charge in [0.2, 0.25) is 0 Å². The number of nitrogens with one attached hydrogen (secondary N) is 1. The number of carbonyl (C=O) groups excluding carboxylic acids is 1. The smallest absolute Gasteiger partial charge is 0.276 e. The fourth-order valence-corrected chi connectivity index (χ4v) is 3.95. The predicted octanol–water partition coefficient (Wildman–Crippen LogP) is 2.04. The maximum Gasteiger partial charge on any atom is 0.276 e. The van der Waals surface area contributed by atoms with Gasteiger partial charge in [0.15, 0.2) is 11.3 Å². The highest BCUT2D eigenvalue weighted by atomic mass is 32.2. The first-order chi connectivity index (χ1) is 13.7. The second-order valence-electron chi connectivity index (χ2n) is 6.54. The second-order valence-corrected chi connectivity index (χ2v) is 7.34. The van der Waals surface area contributed by atoms with Crippen molar-refractivity contribution >= 4 is 34.2 Å². The lowest BCUT2D eigenvalue weighted by Gasteiger charge is -2.34. The number of hydrazone groups is 1. The molecule has 144 valence electrons. The van der Waals surface area contributed by atoms with Crippen molar-refractivity contribution in [3.63, 3.8) is 0 Å². The summed E-state index contributed by atoms with van der Waals surface area (Å²) in [5.74, 6) is -0.147. The molecule has 2 aromatic rings. The Morgan fingerprint density at radius 1 is 1.11 bits per heavy atom. The summed E-state index contributed by atoms with van der Waals surface area (Å²) in [6.45, 7) is 6.22. The molecular formula is C21H23N5OS. The van der Waals surface area contributed by atoms with Gasteiger partial charge in [0, 0.05) is 24.0 Å². The number of hydrogen-bond donors (Lipinski definition) is 1. The molecule has 4 rings (SSSR count). The van der Waals surface area contributed by atoms with Gasteiger partial charge in [-0.3, -0.25) is 15.1 Å². The maximum absolute atomic E-state index is 12.8. The van der Waals surface area contributed by atoms with E-state index in [-0.39, 0.29) is 12.1 Å². The van der Waals surface area contributed by atoms with Crippen LogP contribution in [0.2, 0.25) is 0 Å². The highest BCUT2D eigenvalue weighted by molar-refractivity contribution is 8.13. The minimum Gasteiger partial charge on any atom is -0.372 e. The zero-order valence-corrected chi connectivity index (χ0v) is 17.0. The maximum atomic E-state index is 12.8. The van der Waals surface area contributed by atoms with E-state index in [1.807, 2.05) is 30.5 Å². The molecule has 0 bridgehead atoms. The van der Waals surface area contributed by atoms with Crippen molar-refractivity contribution in [2.75, 3.05) is 24.2 Å². The first-order valence-corrected chi connectivity index (χ1v) is 10.6. The lowest BCUT2D eigenvalue weighted by molar-refractivity contribution is -0.116.